The van der Waals surface area contributed by atoms with Crippen LogP contribution in [0.15, 0.2) is 18.2 Å². The molecule has 0 saturated carbocycles. The number of nitrogens with zero attached hydrogens (tertiary/aromatic N) is 2. The van der Waals surface area contributed by atoms with Gasteiger partial charge < -0.3 is 14.6 Å². The second-order valence-corrected chi connectivity index (χ2v) is 5.13. The number of carbonyl (C=O) groups is 1. The van der Waals surface area contributed by atoms with Gasteiger partial charge in [-0.3, -0.25) is 4.79 Å². The molecule has 1 saturated heterocycles. The van der Waals surface area contributed by atoms with E-state index in [4.69, 9.17) is 4.74 Å². The number of hydrogen-bond donors (Lipinski definition) is 1. The number of hydrogen-bond acceptors (Lipinski definition) is 3. The highest BCUT2D eigenvalue weighted by Crippen LogP contribution is 2.19. The molecule has 1 aliphatic rings. The number of aromatic nitrogens is 2. The Kier molecular flexibility index (Phi) is 3.59. The summed E-state index contributed by atoms with van der Waals surface area (Å²) in [6, 6.07) is 4.24. The predicted molar refractivity (Wildman–Crippen MR) is 71.8 cm³/mol. The van der Waals surface area contributed by atoms with Crippen LogP contribution in [0.5, 0.6) is 0 Å². The molecule has 0 bridgehead atoms. The first-order valence-electron chi connectivity index (χ1n) is 6.68. The Morgan fingerprint density at radius 2 is 2.33 bits per heavy atom. The molecule has 5 nitrogen and oxygen atoms in total. The third-order valence-corrected chi connectivity index (χ3v) is 3.57. The number of carbonyl (C=O) groups excluding carboxylic acids is 1. The van der Waals surface area contributed by atoms with Gasteiger partial charge in [0.1, 0.15) is 30.5 Å². The first-order valence-corrected chi connectivity index (χ1v) is 6.68. The van der Waals surface area contributed by atoms with Crippen molar-refractivity contribution in [1.29, 1.82) is 0 Å². The molecule has 0 aliphatic carbocycles. The summed E-state index contributed by atoms with van der Waals surface area (Å²) in [5.41, 5.74) is 1.20. The highest BCUT2D eigenvalue weighted by molar-refractivity contribution is 5.75. The minimum absolute atomic E-state index is 0.0609. The van der Waals surface area contributed by atoms with Gasteiger partial charge in [0, 0.05) is 13.5 Å². The van der Waals surface area contributed by atoms with Crippen molar-refractivity contribution in [2.24, 2.45) is 0 Å². The van der Waals surface area contributed by atoms with E-state index in [1.165, 1.54) is 24.0 Å². The molecule has 112 valence electrons. The molecule has 7 heteroatoms. The zero-order valence-electron chi connectivity index (χ0n) is 11.5. The molecule has 1 aliphatic heterocycles. The summed E-state index contributed by atoms with van der Waals surface area (Å²) in [5, 5.41) is 0. The van der Waals surface area contributed by atoms with Crippen molar-refractivity contribution < 1.29 is 18.3 Å². The van der Waals surface area contributed by atoms with Crippen LogP contribution in [-0.2, 0) is 16.1 Å². The van der Waals surface area contributed by atoms with Gasteiger partial charge in [0.25, 0.3) is 0 Å². The Bertz CT molecular complexity index is 673. The lowest BCUT2D eigenvalue weighted by Gasteiger charge is -2.13. The minimum Gasteiger partial charge on any atom is -0.365 e. The number of amides is 1. The number of alkyl halides is 1. The van der Waals surface area contributed by atoms with Crippen molar-refractivity contribution in [1.82, 2.24) is 14.9 Å². The van der Waals surface area contributed by atoms with Crippen LogP contribution in [-0.4, -0.2) is 46.1 Å². The fourth-order valence-corrected chi connectivity index (χ4v) is 2.44. The Morgan fingerprint density at radius 3 is 3.05 bits per heavy atom. The van der Waals surface area contributed by atoms with E-state index < -0.39 is 12.3 Å². The van der Waals surface area contributed by atoms with Gasteiger partial charge in [0.15, 0.2) is 0 Å². The molecule has 2 heterocycles. The molecular formula is C14H15F2N3O2. The quantitative estimate of drug-likeness (QED) is 0.939. The third kappa shape index (κ3) is 2.87. The number of rotatable bonds is 3. The van der Waals surface area contributed by atoms with Gasteiger partial charge in [-0.2, -0.15) is 0 Å². The largest absolute Gasteiger partial charge is 0.365 e. The number of likely N-dealkylation sites (tertiary alicyclic amines) is 1. The summed E-state index contributed by atoms with van der Waals surface area (Å²) in [5.74, 6) is -0.0117. The molecule has 1 amide bonds. The lowest BCUT2D eigenvalue weighted by atomic mass is 10.3. The predicted octanol–water partition coefficient (Wildman–Crippen LogP) is 1.79. The summed E-state index contributed by atoms with van der Waals surface area (Å²) >= 11 is 0. The summed E-state index contributed by atoms with van der Waals surface area (Å²) in [7, 11) is 0. The van der Waals surface area contributed by atoms with E-state index in [1.54, 1.807) is 6.07 Å². The van der Waals surface area contributed by atoms with E-state index in [0.717, 1.165) is 0 Å². The van der Waals surface area contributed by atoms with Crippen molar-refractivity contribution >= 4 is 16.9 Å². The van der Waals surface area contributed by atoms with E-state index >= 15 is 0 Å². The van der Waals surface area contributed by atoms with Crippen molar-refractivity contribution in [3.63, 3.8) is 0 Å². The van der Waals surface area contributed by atoms with Crippen molar-refractivity contribution in [3.8, 4) is 0 Å². The fourth-order valence-electron chi connectivity index (χ4n) is 2.44. The van der Waals surface area contributed by atoms with E-state index in [-0.39, 0.29) is 31.4 Å². The maximum atomic E-state index is 13.8. The van der Waals surface area contributed by atoms with Crippen molar-refractivity contribution in [2.45, 2.75) is 25.8 Å². The summed E-state index contributed by atoms with van der Waals surface area (Å²) in [6.45, 7) is 1.80. The second-order valence-electron chi connectivity index (χ2n) is 5.13. The number of benzene rings is 1. The molecule has 21 heavy (non-hydrogen) atoms. The highest BCUT2D eigenvalue weighted by atomic mass is 19.1. The molecule has 1 aromatic heterocycles. The van der Waals surface area contributed by atoms with Crippen LogP contribution < -0.4 is 0 Å². The number of halogens is 2. The van der Waals surface area contributed by atoms with Gasteiger partial charge in [-0.1, -0.05) is 0 Å². The number of nitrogens with one attached hydrogen (secondary N) is 1. The van der Waals surface area contributed by atoms with Crippen LogP contribution in [0.3, 0.4) is 0 Å². The van der Waals surface area contributed by atoms with Gasteiger partial charge >= 0.3 is 0 Å². The molecule has 3 rings (SSSR count). The Balaban J connectivity index is 1.65. The van der Waals surface area contributed by atoms with Gasteiger partial charge in [-0.05, 0) is 18.2 Å². The normalized spacial score (nSPS) is 22.1. The van der Waals surface area contributed by atoms with Crippen LogP contribution in [0.4, 0.5) is 8.78 Å². The SMILES string of the molecule is CC(=O)N1C[C@@H](F)[C@@H](OCc2nc3ccc(F)cc3[nH]2)C1. The molecule has 2 aromatic rings. The molecular weight excluding hydrogens is 280 g/mol. The van der Waals surface area contributed by atoms with E-state index in [9.17, 15) is 13.6 Å². The minimum atomic E-state index is -1.20. The molecule has 1 N–H and O–H groups in total. The fraction of sp³-hybridized carbons (Fsp3) is 0.429. The average Bonchev–Trinajstić information content (AvgIpc) is 2.99. The highest BCUT2D eigenvalue weighted by Gasteiger charge is 2.35. The Morgan fingerprint density at radius 1 is 1.52 bits per heavy atom. The van der Waals surface area contributed by atoms with Gasteiger partial charge in [0.05, 0.1) is 17.6 Å². The van der Waals surface area contributed by atoms with Gasteiger partial charge in [0.2, 0.25) is 5.91 Å². The van der Waals surface area contributed by atoms with Crippen LogP contribution in [0.2, 0.25) is 0 Å². The molecule has 1 aromatic carbocycles. The monoisotopic (exact) mass is 295 g/mol. The van der Waals surface area contributed by atoms with Crippen molar-refractivity contribution in [3.05, 3.63) is 29.8 Å². The van der Waals surface area contributed by atoms with Crippen molar-refractivity contribution in [2.75, 3.05) is 13.1 Å². The molecule has 0 radical (unpaired) electrons. The Labute approximate surface area is 119 Å². The number of imidazole rings is 1. The zero-order chi connectivity index (χ0) is 15.0. The topological polar surface area (TPSA) is 58.2 Å². The van der Waals surface area contributed by atoms with Crippen LogP contribution in [0, 0.1) is 5.82 Å². The number of fused-ring (bicyclic) bond motifs is 1. The number of H-pyrrole nitrogens is 1. The van der Waals surface area contributed by atoms with Crippen LogP contribution >= 0.6 is 0 Å². The van der Waals surface area contributed by atoms with Gasteiger partial charge in [-0.15, -0.1) is 0 Å². The molecule has 2 atom stereocenters. The first kappa shape index (κ1) is 13.9. The summed E-state index contributed by atoms with van der Waals surface area (Å²) in [6.07, 6.45) is -1.85. The van der Waals surface area contributed by atoms with Crippen LogP contribution in [0.25, 0.3) is 11.0 Å². The van der Waals surface area contributed by atoms with E-state index in [1.807, 2.05) is 0 Å². The first-order chi connectivity index (χ1) is 10.0. The van der Waals surface area contributed by atoms with Crippen LogP contribution in [0.1, 0.15) is 12.7 Å². The molecule has 1 fully saturated rings. The molecule has 0 unspecified atom stereocenters. The van der Waals surface area contributed by atoms with E-state index in [2.05, 4.69) is 9.97 Å². The number of ether oxygens (including phenoxy) is 1. The standard InChI is InChI=1S/C14H15F2N3O2/c1-8(20)19-5-10(16)13(6-19)21-7-14-17-11-3-2-9(15)4-12(11)18-14/h2-4,10,13H,5-7H2,1H3,(H,17,18)/t10-,13+/m1/s1. The lowest BCUT2D eigenvalue weighted by molar-refractivity contribution is -0.128. The summed E-state index contributed by atoms with van der Waals surface area (Å²) < 4.78 is 32.3. The Hall–Kier alpha value is -2.02. The third-order valence-electron chi connectivity index (χ3n) is 3.57. The maximum absolute atomic E-state index is 13.8. The van der Waals surface area contributed by atoms with Gasteiger partial charge in [-0.25, -0.2) is 13.8 Å². The smallest absolute Gasteiger partial charge is 0.219 e. The molecule has 0 spiro atoms. The van der Waals surface area contributed by atoms with E-state index in [0.29, 0.717) is 16.9 Å². The number of aromatic amines is 1. The maximum Gasteiger partial charge on any atom is 0.219 e. The average molecular weight is 295 g/mol. The zero-order valence-corrected chi connectivity index (χ0v) is 11.5. The second kappa shape index (κ2) is 5.40. The lowest BCUT2D eigenvalue weighted by Crippen LogP contribution is -2.27. The summed E-state index contributed by atoms with van der Waals surface area (Å²) in [4.78, 5) is 19.8.